The molecular formula is C34H34Cl3N3O4S. The van der Waals surface area contributed by atoms with Crippen LogP contribution in [0.2, 0.25) is 15.1 Å². The van der Waals surface area contributed by atoms with Crippen molar-refractivity contribution in [3.8, 4) is 0 Å². The molecule has 1 unspecified atom stereocenters. The molecule has 11 heteroatoms. The number of hydrogen-bond acceptors (Lipinski definition) is 4. The van der Waals surface area contributed by atoms with Gasteiger partial charge in [-0.15, -0.1) is 0 Å². The monoisotopic (exact) mass is 685 g/mol. The van der Waals surface area contributed by atoms with Crippen LogP contribution in [-0.2, 0) is 32.6 Å². The van der Waals surface area contributed by atoms with E-state index in [1.165, 1.54) is 17.0 Å². The molecule has 0 saturated carbocycles. The van der Waals surface area contributed by atoms with Gasteiger partial charge in [0.2, 0.25) is 11.8 Å². The van der Waals surface area contributed by atoms with Gasteiger partial charge in [0.15, 0.2) is 0 Å². The topological polar surface area (TPSA) is 86.8 Å². The van der Waals surface area contributed by atoms with Gasteiger partial charge < -0.3 is 10.2 Å². The minimum absolute atomic E-state index is 0.00577. The molecule has 236 valence electrons. The Morgan fingerprint density at radius 3 is 2.00 bits per heavy atom. The average Bonchev–Trinajstić information content (AvgIpc) is 2.99. The van der Waals surface area contributed by atoms with E-state index >= 15 is 0 Å². The molecule has 0 saturated heterocycles. The van der Waals surface area contributed by atoms with Crippen LogP contribution in [0.25, 0.3) is 0 Å². The van der Waals surface area contributed by atoms with Crippen LogP contribution in [0.5, 0.6) is 0 Å². The fraction of sp³-hybridized carbons (Fsp3) is 0.235. The molecule has 0 aliphatic carbocycles. The van der Waals surface area contributed by atoms with Crippen molar-refractivity contribution < 1.29 is 18.0 Å². The van der Waals surface area contributed by atoms with Gasteiger partial charge in [0.05, 0.1) is 10.6 Å². The third-order valence-electron chi connectivity index (χ3n) is 7.13. The number of benzene rings is 4. The lowest BCUT2D eigenvalue weighted by Crippen LogP contribution is -2.54. The second kappa shape index (κ2) is 15.1. The van der Waals surface area contributed by atoms with Gasteiger partial charge in [-0.3, -0.25) is 13.9 Å². The molecule has 0 aliphatic rings. The zero-order chi connectivity index (χ0) is 32.7. The molecule has 1 N–H and O–H groups in total. The molecule has 45 heavy (non-hydrogen) atoms. The van der Waals surface area contributed by atoms with Gasteiger partial charge in [0.1, 0.15) is 12.6 Å². The summed E-state index contributed by atoms with van der Waals surface area (Å²) in [5.74, 6) is -1.02. The van der Waals surface area contributed by atoms with Gasteiger partial charge in [-0.25, -0.2) is 8.42 Å². The minimum atomic E-state index is -4.24. The number of anilines is 1. The largest absolute Gasteiger partial charge is 0.352 e. The predicted molar refractivity (Wildman–Crippen MR) is 181 cm³/mol. The molecule has 0 radical (unpaired) electrons. The molecule has 0 spiro atoms. The first kappa shape index (κ1) is 34.3. The van der Waals surface area contributed by atoms with Gasteiger partial charge >= 0.3 is 0 Å². The molecule has 0 aromatic heterocycles. The number of carbonyl (C=O) groups is 2. The Balaban J connectivity index is 1.86. The summed E-state index contributed by atoms with van der Waals surface area (Å²) in [5, 5.41) is 3.96. The van der Waals surface area contributed by atoms with Crippen LogP contribution >= 0.6 is 34.8 Å². The Morgan fingerprint density at radius 2 is 1.42 bits per heavy atom. The smallest absolute Gasteiger partial charge is 0.264 e. The first-order valence-electron chi connectivity index (χ1n) is 14.3. The molecule has 0 fully saturated rings. The van der Waals surface area contributed by atoms with Gasteiger partial charge in [-0.05, 0) is 74.4 Å². The van der Waals surface area contributed by atoms with Crippen molar-refractivity contribution >= 4 is 62.3 Å². The van der Waals surface area contributed by atoms with Crippen molar-refractivity contribution in [3.63, 3.8) is 0 Å². The summed E-state index contributed by atoms with van der Waals surface area (Å²) in [7, 11) is -4.24. The van der Waals surface area contributed by atoms with E-state index < -0.39 is 34.4 Å². The van der Waals surface area contributed by atoms with E-state index in [9.17, 15) is 18.0 Å². The minimum Gasteiger partial charge on any atom is -0.352 e. The van der Waals surface area contributed by atoms with Crippen molar-refractivity contribution in [2.45, 2.75) is 50.7 Å². The van der Waals surface area contributed by atoms with Gasteiger partial charge in [0.25, 0.3) is 10.0 Å². The lowest BCUT2D eigenvalue weighted by atomic mass is 10.0. The Kier molecular flexibility index (Phi) is 11.6. The van der Waals surface area contributed by atoms with Crippen LogP contribution < -0.4 is 9.62 Å². The number of nitrogens with zero attached hydrogens (tertiary/aromatic N) is 2. The van der Waals surface area contributed by atoms with Crippen LogP contribution in [0.4, 0.5) is 5.69 Å². The number of rotatable bonds is 12. The fourth-order valence-electron chi connectivity index (χ4n) is 4.92. The van der Waals surface area contributed by atoms with Gasteiger partial charge in [-0.1, -0.05) is 89.4 Å². The van der Waals surface area contributed by atoms with Crippen molar-refractivity contribution in [2.24, 2.45) is 0 Å². The van der Waals surface area contributed by atoms with Crippen LogP contribution in [0.15, 0.2) is 102 Å². The highest BCUT2D eigenvalue weighted by molar-refractivity contribution is 7.92. The summed E-state index contributed by atoms with van der Waals surface area (Å²) in [4.78, 5) is 29.7. The Hall–Kier alpha value is -3.56. The number of amides is 2. The molecule has 7 nitrogen and oxygen atoms in total. The van der Waals surface area contributed by atoms with Crippen LogP contribution in [0.1, 0.15) is 30.5 Å². The van der Waals surface area contributed by atoms with E-state index in [-0.39, 0.29) is 29.6 Å². The average molecular weight is 687 g/mol. The number of hydrogen-bond donors (Lipinski definition) is 1. The summed E-state index contributed by atoms with van der Waals surface area (Å²) in [5.41, 5.74) is 2.07. The number of aryl methyl sites for hydroxylation is 1. The lowest BCUT2D eigenvalue weighted by molar-refractivity contribution is -0.140. The normalized spacial score (nSPS) is 12.1. The molecule has 0 heterocycles. The molecule has 1 atom stereocenters. The molecule has 0 bridgehead atoms. The summed E-state index contributed by atoms with van der Waals surface area (Å²) in [6, 6.07) is 25.6. The zero-order valence-corrected chi connectivity index (χ0v) is 28.2. The van der Waals surface area contributed by atoms with E-state index in [4.69, 9.17) is 34.8 Å². The summed E-state index contributed by atoms with van der Waals surface area (Å²) >= 11 is 19.3. The Morgan fingerprint density at radius 1 is 0.822 bits per heavy atom. The molecule has 4 rings (SSSR count). The summed E-state index contributed by atoms with van der Waals surface area (Å²) in [6.45, 7) is 4.62. The van der Waals surface area contributed by atoms with Crippen molar-refractivity contribution in [2.75, 3.05) is 10.8 Å². The van der Waals surface area contributed by atoms with Gasteiger partial charge in [0, 0.05) is 39.6 Å². The van der Waals surface area contributed by atoms with Crippen molar-refractivity contribution in [3.05, 3.63) is 129 Å². The Labute approximate surface area is 279 Å². The maximum atomic E-state index is 14.6. The van der Waals surface area contributed by atoms with E-state index in [1.807, 2.05) is 44.2 Å². The van der Waals surface area contributed by atoms with Crippen molar-refractivity contribution in [1.82, 2.24) is 10.2 Å². The summed E-state index contributed by atoms with van der Waals surface area (Å²) < 4.78 is 29.3. The highest BCUT2D eigenvalue weighted by atomic mass is 35.5. The fourth-order valence-corrected chi connectivity index (χ4v) is 7.16. The number of nitrogens with one attached hydrogen (secondary N) is 1. The molecule has 2 amide bonds. The number of carbonyl (C=O) groups excluding carboxylic acids is 2. The Bertz CT molecular complexity index is 1730. The first-order chi connectivity index (χ1) is 21.4. The zero-order valence-electron chi connectivity index (χ0n) is 25.1. The van der Waals surface area contributed by atoms with E-state index in [2.05, 4.69) is 5.32 Å². The second-order valence-corrected chi connectivity index (χ2v) is 14.0. The third kappa shape index (κ3) is 8.58. The van der Waals surface area contributed by atoms with Crippen LogP contribution in [0, 0.1) is 6.92 Å². The van der Waals surface area contributed by atoms with Crippen LogP contribution in [0.3, 0.4) is 0 Å². The van der Waals surface area contributed by atoms with E-state index in [1.54, 1.807) is 61.5 Å². The number of halogens is 3. The van der Waals surface area contributed by atoms with Crippen LogP contribution in [-0.4, -0.2) is 43.8 Å². The van der Waals surface area contributed by atoms with E-state index in [0.29, 0.717) is 26.2 Å². The molecule has 4 aromatic carbocycles. The van der Waals surface area contributed by atoms with E-state index in [0.717, 1.165) is 9.87 Å². The molecule has 4 aromatic rings. The van der Waals surface area contributed by atoms with Crippen molar-refractivity contribution in [1.29, 1.82) is 0 Å². The highest BCUT2D eigenvalue weighted by Crippen LogP contribution is 2.31. The quantitative estimate of drug-likeness (QED) is 0.169. The first-order valence-corrected chi connectivity index (χ1v) is 16.9. The number of sulfonamides is 1. The maximum Gasteiger partial charge on any atom is 0.264 e. The lowest BCUT2D eigenvalue weighted by Gasteiger charge is -2.34. The maximum absolute atomic E-state index is 14.6. The molecule has 0 aliphatic heterocycles. The standard InChI is InChI=1S/C34H34Cl3N3O4S/c1-23(2)38-34(42)32(20-25-11-6-4-7-12-25)39(21-28-29(36)15-10-16-30(28)37)33(41)22-40(31-18-17-26(35)19-24(31)3)45(43,44)27-13-8-5-9-14-27/h4-19,23,32H,20-22H2,1-3H3,(H,38,42). The second-order valence-electron chi connectivity index (χ2n) is 10.8. The summed E-state index contributed by atoms with van der Waals surface area (Å²) in [6.07, 6.45) is 0.165. The SMILES string of the molecule is Cc1cc(Cl)ccc1N(CC(=O)N(Cc1c(Cl)cccc1Cl)C(Cc1ccccc1)C(=O)NC(C)C)S(=O)(=O)c1ccccc1. The third-order valence-corrected chi connectivity index (χ3v) is 9.85. The predicted octanol–water partition coefficient (Wildman–Crippen LogP) is 7.32. The van der Waals surface area contributed by atoms with Gasteiger partial charge in [-0.2, -0.15) is 0 Å². The molecular weight excluding hydrogens is 653 g/mol. The highest BCUT2D eigenvalue weighted by Gasteiger charge is 2.35.